The Hall–Kier alpha value is -1.73. The van der Waals surface area contributed by atoms with Crippen LogP contribution >= 0.6 is 11.5 Å². The molecular weight excluding hydrogens is 250 g/mol. The van der Waals surface area contributed by atoms with Gasteiger partial charge in [0.05, 0.1) is 6.54 Å². The van der Waals surface area contributed by atoms with Gasteiger partial charge in [-0.25, -0.2) is 5.84 Å². The van der Waals surface area contributed by atoms with Gasteiger partial charge in [0.1, 0.15) is 10.7 Å². The molecule has 1 aliphatic rings. The third kappa shape index (κ3) is 1.81. The zero-order chi connectivity index (χ0) is 12.5. The summed E-state index contributed by atoms with van der Waals surface area (Å²) in [6.07, 6.45) is 3.11. The lowest BCUT2D eigenvalue weighted by molar-refractivity contribution is 0.691. The highest BCUT2D eigenvalue weighted by atomic mass is 32.1. The van der Waals surface area contributed by atoms with Crippen LogP contribution in [0.5, 0.6) is 0 Å². The smallest absolute Gasteiger partial charge is 0.251 e. The molecule has 0 spiro atoms. The standard InChI is InChI=1S/C11H13N5OS/c12-13-11-8(14-15-18-11)6-16-9-3-1-2-7(9)4-5-10(16)17/h4-5,13H,1-3,6,12H2. The minimum Gasteiger partial charge on any atom is -0.313 e. The van der Waals surface area contributed by atoms with Crippen LogP contribution in [0.4, 0.5) is 5.00 Å². The first-order chi connectivity index (χ1) is 8.79. The molecule has 2 aromatic heterocycles. The number of rotatable bonds is 3. The van der Waals surface area contributed by atoms with E-state index >= 15 is 0 Å². The van der Waals surface area contributed by atoms with E-state index in [1.54, 1.807) is 10.6 Å². The number of pyridine rings is 1. The molecular formula is C11H13N5OS. The van der Waals surface area contributed by atoms with Crippen molar-refractivity contribution in [2.75, 3.05) is 5.43 Å². The number of hydrogen-bond donors (Lipinski definition) is 2. The second-order valence-electron chi connectivity index (χ2n) is 4.28. The molecule has 0 bridgehead atoms. The van der Waals surface area contributed by atoms with Crippen molar-refractivity contribution in [2.24, 2.45) is 5.84 Å². The fourth-order valence-electron chi connectivity index (χ4n) is 2.38. The number of aryl methyl sites for hydroxylation is 1. The van der Waals surface area contributed by atoms with Crippen LogP contribution in [-0.2, 0) is 19.4 Å². The van der Waals surface area contributed by atoms with Gasteiger partial charge < -0.3 is 9.99 Å². The Morgan fingerprint density at radius 1 is 1.44 bits per heavy atom. The summed E-state index contributed by atoms with van der Waals surface area (Å²) < 4.78 is 5.62. The SMILES string of the molecule is NNc1snnc1Cn1c2c(ccc1=O)CCC2. The van der Waals surface area contributed by atoms with Gasteiger partial charge in [0.2, 0.25) is 0 Å². The number of hydrogen-bond acceptors (Lipinski definition) is 6. The highest BCUT2D eigenvalue weighted by molar-refractivity contribution is 7.10. The minimum absolute atomic E-state index is 0.00613. The summed E-state index contributed by atoms with van der Waals surface area (Å²) >= 11 is 1.20. The van der Waals surface area contributed by atoms with Crippen LogP contribution in [0.2, 0.25) is 0 Å². The summed E-state index contributed by atoms with van der Waals surface area (Å²) in [5.41, 5.74) is 5.67. The average Bonchev–Trinajstić information content (AvgIpc) is 3.01. The van der Waals surface area contributed by atoms with E-state index < -0.39 is 0 Å². The summed E-state index contributed by atoms with van der Waals surface area (Å²) in [5.74, 6) is 5.39. The molecule has 2 heterocycles. The first kappa shape index (κ1) is 11.4. The molecule has 0 radical (unpaired) electrons. The quantitative estimate of drug-likeness (QED) is 0.623. The van der Waals surface area contributed by atoms with Gasteiger partial charge in [0.15, 0.2) is 0 Å². The van der Waals surface area contributed by atoms with Crippen LogP contribution in [0.25, 0.3) is 0 Å². The molecule has 3 N–H and O–H groups in total. The molecule has 18 heavy (non-hydrogen) atoms. The summed E-state index contributed by atoms with van der Waals surface area (Å²) in [5, 5.41) is 4.72. The van der Waals surface area contributed by atoms with Gasteiger partial charge in [-0.1, -0.05) is 10.6 Å². The van der Waals surface area contributed by atoms with Crippen molar-refractivity contribution in [3.63, 3.8) is 0 Å². The second-order valence-corrected chi connectivity index (χ2v) is 5.03. The van der Waals surface area contributed by atoms with Gasteiger partial charge in [-0.05, 0) is 24.8 Å². The average molecular weight is 263 g/mol. The van der Waals surface area contributed by atoms with Crippen molar-refractivity contribution in [3.8, 4) is 0 Å². The molecule has 2 aromatic rings. The van der Waals surface area contributed by atoms with E-state index in [4.69, 9.17) is 5.84 Å². The molecule has 0 aromatic carbocycles. The van der Waals surface area contributed by atoms with E-state index in [1.165, 1.54) is 17.1 Å². The Morgan fingerprint density at radius 3 is 3.17 bits per heavy atom. The maximum atomic E-state index is 12.0. The Kier molecular flexibility index (Phi) is 2.85. The van der Waals surface area contributed by atoms with Crippen LogP contribution < -0.4 is 16.8 Å². The lowest BCUT2D eigenvalue weighted by atomic mass is 10.2. The number of aromatic nitrogens is 3. The van der Waals surface area contributed by atoms with Crippen LogP contribution in [0.1, 0.15) is 23.4 Å². The monoisotopic (exact) mass is 263 g/mol. The molecule has 0 saturated heterocycles. The number of nitrogens with zero attached hydrogens (tertiary/aromatic N) is 3. The molecule has 6 nitrogen and oxygen atoms in total. The lowest BCUT2D eigenvalue weighted by Gasteiger charge is -2.10. The Bertz CT molecular complexity index is 633. The van der Waals surface area contributed by atoms with Gasteiger partial charge in [0.25, 0.3) is 5.56 Å². The van der Waals surface area contributed by atoms with Gasteiger partial charge in [-0.3, -0.25) is 4.79 Å². The van der Waals surface area contributed by atoms with Crippen molar-refractivity contribution in [1.29, 1.82) is 0 Å². The number of nitrogens with two attached hydrogens (primary N) is 1. The fraction of sp³-hybridized carbons (Fsp3) is 0.364. The van der Waals surface area contributed by atoms with Gasteiger partial charge >= 0.3 is 0 Å². The molecule has 0 atom stereocenters. The molecule has 0 saturated carbocycles. The van der Waals surface area contributed by atoms with E-state index in [-0.39, 0.29) is 5.56 Å². The highest BCUT2D eigenvalue weighted by Gasteiger charge is 2.17. The lowest BCUT2D eigenvalue weighted by Crippen LogP contribution is -2.24. The summed E-state index contributed by atoms with van der Waals surface area (Å²) in [6, 6.07) is 3.56. The maximum absolute atomic E-state index is 12.0. The maximum Gasteiger partial charge on any atom is 0.251 e. The van der Waals surface area contributed by atoms with Gasteiger partial charge in [-0.2, -0.15) is 0 Å². The van der Waals surface area contributed by atoms with Crippen molar-refractivity contribution in [3.05, 3.63) is 39.4 Å². The molecule has 0 amide bonds. The predicted octanol–water partition coefficient (Wildman–Crippen LogP) is 0.522. The predicted molar refractivity (Wildman–Crippen MR) is 69.5 cm³/mol. The molecule has 0 fully saturated rings. The molecule has 0 aliphatic heterocycles. The Labute approximate surface area is 108 Å². The number of nitrogen functional groups attached to an aromatic ring is 1. The van der Waals surface area contributed by atoms with Crippen molar-refractivity contribution < 1.29 is 0 Å². The van der Waals surface area contributed by atoms with E-state index in [9.17, 15) is 4.79 Å². The van der Waals surface area contributed by atoms with E-state index in [0.717, 1.165) is 25.0 Å². The Balaban J connectivity index is 2.03. The third-order valence-electron chi connectivity index (χ3n) is 3.24. The molecule has 7 heteroatoms. The third-order valence-corrected chi connectivity index (χ3v) is 3.94. The zero-order valence-electron chi connectivity index (χ0n) is 9.72. The van der Waals surface area contributed by atoms with Gasteiger partial charge in [-0.15, -0.1) is 5.10 Å². The van der Waals surface area contributed by atoms with E-state index in [0.29, 0.717) is 17.2 Å². The fourth-order valence-corrected chi connectivity index (χ4v) is 2.86. The van der Waals surface area contributed by atoms with Crippen LogP contribution in [0.15, 0.2) is 16.9 Å². The highest BCUT2D eigenvalue weighted by Crippen LogP contribution is 2.22. The largest absolute Gasteiger partial charge is 0.313 e. The first-order valence-electron chi connectivity index (χ1n) is 5.79. The molecule has 1 aliphatic carbocycles. The summed E-state index contributed by atoms with van der Waals surface area (Å²) in [4.78, 5) is 12.0. The van der Waals surface area contributed by atoms with Crippen molar-refractivity contribution in [1.82, 2.24) is 14.2 Å². The van der Waals surface area contributed by atoms with Crippen molar-refractivity contribution in [2.45, 2.75) is 25.8 Å². The molecule has 3 rings (SSSR count). The molecule has 0 unspecified atom stereocenters. The summed E-state index contributed by atoms with van der Waals surface area (Å²) in [6.45, 7) is 0.429. The second kappa shape index (κ2) is 4.51. The summed E-state index contributed by atoms with van der Waals surface area (Å²) in [7, 11) is 0. The van der Waals surface area contributed by atoms with Crippen LogP contribution in [0.3, 0.4) is 0 Å². The number of hydrazine groups is 1. The number of nitrogens with one attached hydrogen (secondary N) is 1. The van der Waals surface area contributed by atoms with Crippen LogP contribution in [0, 0.1) is 0 Å². The molecule has 94 valence electrons. The number of anilines is 1. The van der Waals surface area contributed by atoms with Crippen LogP contribution in [-0.4, -0.2) is 14.2 Å². The van der Waals surface area contributed by atoms with E-state index in [2.05, 4.69) is 15.0 Å². The zero-order valence-corrected chi connectivity index (χ0v) is 10.5. The topological polar surface area (TPSA) is 85.8 Å². The Morgan fingerprint density at radius 2 is 2.33 bits per heavy atom. The number of fused-ring (bicyclic) bond motifs is 1. The van der Waals surface area contributed by atoms with Gasteiger partial charge in [0, 0.05) is 23.3 Å². The van der Waals surface area contributed by atoms with Crippen molar-refractivity contribution >= 4 is 16.5 Å². The minimum atomic E-state index is 0.00613. The normalized spacial score (nSPS) is 13.6. The van der Waals surface area contributed by atoms with E-state index in [1.807, 2.05) is 6.07 Å². The first-order valence-corrected chi connectivity index (χ1v) is 6.56.